The summed E-state index contributed by atoms with van der Waals surface area (Å²) in [6, 6.07) is 9.18. The van der Waals surface area contributed by atoms with Gasteiger partial charge in [0.25, 0.3) is 0 Å². The minimum absolute atomic E-state index is 0.0813. The maximum atomic E-state index is 13.0. The second-order valence-corrected chi connectivity index (χ2v) is 9.47. The van der Waals surface area contributed by atoms with Crippen molar-refractivity contribution in [3.8, 4) is 5.75 Å². The number of rotatable bonds is 8. The normalized spacial score (nSPS) is 13.4. The molecule has 2 aromatic rings. The molecule has 0 unspecified atom stereocenters. The summed E-state index contributed by atoms with van der Waals surface area (Å²) in [7, 11) is -5.88. The van der Waals surface area contributed by atoms with Crippen LogP contribution in [0.1, 0.15) is 17.7 Å². The Hall–Kier alpha value is -1.97. The van der Waals surface area contributed by atoms with Crippen molar-refractivity contribution in [2.24, 2.45) is 0 Å². The lowest BCUT2D eigenvalue weighted by molar-refractivity contribution is 0.414. The number of hydrogen-bond donors (Lipinski definition) is 1. The highest BCUT2D eigenvalue weighted by atomic mass is 32.2. The van der Waals surface area contributed by atoms with Crippen molar-refractivity contribution >= 4 is 19.9 Å². The van der Waals surface area contributed by atoms with Gasteiger partial charge in [0.05, 0.1) is 17.8 Å². The van der Waals surface area contributed by atoms with Crippen LogP contribution in [0.3, 0.4) is 0 Å². The summed E-state index contributed by atoms with van der Waals surface area (Å²) in [5.41, 5.74) is 0.414. The molecule has 0 saturated carbocycles. The molecule has 136 valence electrons. The van der Waals surface area contributed by atoms with Gasteiger partial charge in [-0.1, -0.05) is 6.07 Å². The number of sulfone groups is 1. The Bertz CT molecular complexity index is 895. The third kappa shape index (κ3) is 4.77. The van der Waals surface area contributed by atoms with Crippen molar-refractivity contribution in [1.82, 2.24) is 9.71 Å². The van der Waals surface area contributed by atoms with Crippen molar-refractivity contribution in [3.05, 3.63) is 54.4 Å². The molecule has 0 spiro atoms. The van der Waals surface area contributed by atoms with E-state index in [1.807, 2.05) is 0 Å². The number of ether oxygens (including phenoxy) is 1. The number of sulfonamides is 1. The van der Waals surface area contributed by atoms with Crippen molar-refractivity contribution in [1.29, 1.82) is 0 Å². The van der Waals surface area contributed by atoms with E-state index < -0.39 is 25.1 Å². The Balaban J connectivity index is 2.42. The van der Waals surface area contributed by atoms with Crippen LogP contribution in [0, 0.1) is 0 Å². The lowest BCUT2D eigenvalue weighted by atomic mass is 10.2. The monoisotopic (exact) mass is 384 g/mol. The van der Waals surface area contributed by atoms with Gasteiger partial charge in [-0.15, -0.1) is 0 Å². The quantitative estimate of drug-likeness (QED) is 0.741. The SMILES string of the molecule is CCS(=O)(=O)NC[C@@H](c1cccnc1)S(=O)(=O)c1ccc(OC)cc1. The predicted molar refractivity (Wildman–Crippen MR) is 94.6 cm³/mol. The molecule has 0 bridgehead atoms. The van der Waals surface area contributed by atoms with Crippen molar-refractivity contribution in [2.45, 2.75) is 17.1 Å². The summed E-state index contributed by atoms with van der Waals surface area (Å²) < 4.78 is 56.9. The van der Waals surface area contributed by atoms with Gasteiger partial charge in [-0.3, -0.25) is 4.98 Å². The number of nitrogens with zero attached hydrogens (tertiary/aromatic N) is 1. The predicted octanol–water partition coefficient (Wildman–Crippen LogP) is 1.54. The largest absolute Gasteiger partial charge is 0.497 e. The molecule has 2 rings (SSSR count). The second-order valence-electron chi connectivity index (χ2n) is 5.25. The summed E-state index contributed by atoms with van der Waals surface area (Å²) in [5.74, 6) is 0.401. The first-order valence-electron chi connectivity index (χ1n) is 7.55. The molecule has 0 amide bonds. The molecule has 0 aliphatic carbocycles. The molecule has 0 saturated heterocycles. The Morgan fingerprint density at radius 3 is 2.32 bits per heavy atom. The Labute approximate surface area is 148 Å². The first-order chi connectivity index (χ1) is 11.8. The van der Waals surface area contributed by atoms with Gasteiger partial charge in [0.1, 0.15) is 11.0 Å². The van der Waals surface area contributed by atoms with E-state index in [9.17, 15) is 16.8 Å². The highest BCUT2D eigenvalue weighted by Gasteiger charge is 2.30. The number of nitrogens with one attached hydrogen (secondary N) is 1. The van der Waals surface area contributed by atoms with E-state index in [1.165, 1.54) is 38.6 Å². The van der Waals surface area contributed by atoms with Gasteiger partial charge in [-0.2, -0.15) is 0 Å². The summed E-state index contributed by atoms with van der Waals surface area (Å²) in [6.45, 7) is 1.22. The smallest absolute Gasteiger partial charge is 0.211 e. The Kier molecular flexibility index (Phi) is 6.15. The van der Waals surface area contributed by atoms with Gasteiger partial charge in [-0.25, -0.2) is 21.6 Å². The van der Waals surface area contributed by atoms with Gasteiger partial charge in [-0.05, 0) is 42.8 Å². The first kappa shape index (κ1) is 19.4. The fraction of sp³-hybridized carbons (Fsp3) is 0.312. The fourth-order valence-electron chi connectivity index (χ4n) is 2.21. The van der Waals surface area contributed by atoms with E-state index in [4.69, 9.17) is 4.74 Å². The molecule has 0 aliphatic rings. The molecule has 1 heterocycles. The van der Waals surface area contributed by atoms with Crippen LogP contribution in [0.2, 0.25) is 0 Å². The first-order valence-corrected chi connectivity index (χ1v) is 10.7. The van der Waals surface area contributed by atoms with Crippen LogP contribution in [0.4, 0.5) is 0 Å². The van der Waals surface area contributed by atoms with Crippen molar-refractivity contribution in [2.75, 3.05) is 19.4 Å². The van der Waals surface area contributed by atoms with Crippen LogP contribution in [0.15, 0.2) is 53.7 Å². The maximum absolute atomic E-state index is 13.0. The molecule has 9 heteroatoms. The highest BCUT2D eigenvalue weighted by molar-refractivity contribution is 7.92. The maximum Gasteiger partial charge on any atom is 0.211 e. The van der Waals surface area contributed by atoms with E-state index in [2.05, 4.69) is 9.71 Å². The number of methoxy groups -OCH3 is 1. The molecule has 1 aromatic heterocycles. The fourth-order valence-corrected chi connectivity index (χ4v) is 4.58. The molecule has 0 aliphatic heterocycles. The molecular formula is C16H20N2O5S2. The van der Waals surface area contributed by atoms with E-state index in [1.54, 1.807) is 24.3 Å². The molecule has 0 radical (unpaired) electrons. The zero-order valence-electron chi connectivity index (χ0n) is 13.9. The standard InChI is InChI=1S/C16H20N2O5S2/c1-3-24(19,20)18-12-16(13-5-4-10-17-11-13)25(21,22)15-8-6-14(23-2)7-9-15/h4-11,16,18H,3,12H2,1-2H3/t16-/m0/s1. The molecule has 1 aromatic carbocycles. The van der Waals surface area contributed by atoms with Crippen molar-refractivity contribution in [3.63, 3.8) is 0 Å². The van der Waals surface area contributed by atoms with Crippen LogP contribution in [0.25, 0.3) is 0 Å². The van der Waals surface area contributed by atoms with Crippen LogP contribution in [0.5, 0.6) is 5.75 Å². The number of aromatic nitrogens is 1. The number of hydrogen-bond acceptors (Lipinski definition) is 6. The average molecular weight is 384 g/mol. The summed E-state index contributed by atoms with van der Waals surface area (Å²) in [6.07, 6.45) is 2.95. The van der Waals surface area contributed by atoms with E-state index in [0.717, 1.165) is 0 Å². The van der Waals surface area contributed by atoms with Gasteiger partial charge >= 0.3 is 0 Å². The third-order valence-corrected chi connectivity index (χ3v) is 7.17. The van der Waals surface area contributed by atoms with Gasteiger partial charge in [0.2, 0.25) is 10.0 Å². The third-order valence-electron chi connectivity index (χ3n) is 3.69. The van der Waals surface area contributed by atoms with Crippen LogP contribution < -0.4 is 9.46 Å². The lowest BCUT2D eigenvalue weighted by Gasteiger charge is -2.18. The van der Waals surface area contributed by atoms with Gasteiger partial charge in [0, 0.05) is 18.9 Å². The lowest BCUT2D eigenvalue weighted by Crippen LogP contribution is -2.33. The summed E-state index contributed by atoms with van der Waals surface area (Å²) in [5, 5.41) is -1.09. The Morgan fingerprint density at radius 2 is 1.80 bits per heavy atom. The zero-order valence-corrected chi connectivity index (χ0v) is 15.5. The average Bonchev–Trinajstić information content (AvgIpc) is 2.62. The topological polar surface area (TPSA) is 102 Å². The summed E-state index contributed by atoms with van der Waals surface area (Å²) in [4.78, 5) is 4.02. The minimum atomic E-state index is -3.83. The highest BCUT2D eigenvalue weighted by Crippen LogP contribution is 2.29. The van der Waals surface area contributed by atoms with Crippen LogP contribution in [-0.2, 0) is 19.9 Å². The van der Waals surface area contributed by atoms with E-state index in [-0.39, 0.29) is 17.2 Å². The van der Waals surface area contributed by atoms with E-state index >= 15 is 0 Å². The van der Waals surface area contributed by atoms with Gasteiger partial charge in [0.15, 0.2) is 9.84 Å². The van der Waals surface area contributed by atoms with Crippen LogP contribution >= 0.6 is 0 Å². The molecule has 1 N–H and O–H groups in total. The molecule has 25 heavy (non-hydrogen) atoms. The van der Waals surface area contributed by atoms with Crippen LogP contribution in [-0.4, -0.2) is 41.2 Å². The molecule has 0 fully saturated rings. The number of pyridine rings is 1. The van der Waals surface area contributed by atoms with E-state index in [0.29, 0.717) is 11.3 Å². The van der Waals surface area contributed by atoms with Gasteiger partial charge < -0.3 is 4.74 Å². The Morgan fingerprint density at radius 1 is 1.12 bits per heavy atom. The molecule has 1 atom stereocenters. The number of benzene rings is 1. The molecular weight excluding hydrogens is 364 g/mol. The summed E-state index contributed by atoms with van der Waals surface area (Å²) >= 11 is 0. The minimum Gasteiger partial charge on any atom is -0.497 e. The second kappa shape index (κ2) is 7.94. The zero-order chi connectivity index (χ0) is 18.5. The van der Waals surface area contributed by atoms with Crippen molar-refractivity contribution < 1.29 is 21.6 Å². The molecule has 7 nitrogen and oxygen atoms in total.